The number of hydrogen-bond donors (Lipinski definition) is 1. The van der Waals surface area contributed by atoms with E-state index in [9.17, 15) is 14.4 Å². The highest BCUT2D eigenvalue weighted by molar-refractivity contribution is 5.84. The van der Waals surface area contributed by atoms with E-state index in [4.69, 9.17) is 4.74 Å². The molecule has 0 spiro atoms. The number of nitrogens with one attached hydrogen (secondary N) is 1. The van der Waals surface area contributed by atoms with Crippen LogP contribution in [-0.2, 0) is 19.1 Å². The van der Waals surface area contributed by atoms with Crippen LogP contribution in [0.2, 0.25) is 0 Å². The van der Waals surface area contributed by atoms with Crippen molar-refractivity contribution in [2.45, 2.75) is 77.0 Å². The number of ether oxygens (including phenoxy) is 1. The van der Waals surface area contributed by atoms with Crippen LogP contribution in [0.1, 0.15) is 76.0 Å². The number of hydrogen-bond acceptors (Lipinski definition) is 4. The SMILES string of the molecule is CC(=O)N1C=Cc2ccccc2[C@H]1CC(=O)O[C@@H](C)C(=O)NC1CCCCCC1. The number of nitrogens with zero attached hydrogens (tertiary/aromatic N) is 1. The summed E-state index contributed by atoms with van der Waals surface area (Å²) in [6.07, 6.45) is 9.32. The Bertz CT molecular complexity index is 781. The highest BCUT2D eigenvalue weighted by Crippen LogP contribution is 2.33. The van der Waals surface area contributed by atoms with Crippen molar-refractivity contribution in [2.24, 2.45) is 0 Å². The minimum absolute atomic E-state index is 0.00197. The van der Waals surface area contributed by atoms with Crippen LogP contribution in [0.25, 0.3) is 6.08 Å². The van der Waals surface area contributed by atoms with Gasteiger partial charge in [-0.25, -0.2) is 0 Å². The molecule has 29 heavy (non-hydrogen) atoms. The molecule has 6 nitrogen and oxygen atoms in total. The second-order valence-corrected chi connectivity index (χ2v) is 7.92. The lowest BCUT2D eigenvalue weighted by molar-refractivity contribution is -0.156. The summed E-state index contributed by atoms with van der Waals surface area (Å²) in [5.41, 5.74) is 1.87. The predicted octanol–water partition coefficient (Wildman–Crippen LogP) is 3.72. The van der Waals surface area contributed by atoms with Gasteiger partial charge < -0.3 is 15.0 Å². The number of carbonyl (C=O) groups is 3. The normalized spacial score (nSPS) is 20.3. The molecule has 1 heterocycles. The average molecular weight is 399 g/mol. The van der Waals surface area contributed by atoms with E-state index in [1.54, 1.807) is 18.0 Å². The minimum Gasteiger partial charge on any atom is -0.452 e. The third kappa shape index (κ3) is 5.46. The van der Waals surface area contributed by atoms with Gasteiger partial charge in [0.25, 0.3) is 5.91 Å². The Balaban J connectivity index is 1.60. The molecule has 156 valence electrons. The Hall–Kier alpha value is -2.63. The van der Waals surface area contributed by atoms with Gasteiger partial charge in [-0.1, -0.05) is 49.9 Å². The van der Waals surface area contributed by atoms with E-state index in [-0.39, 0.29) is 24.3 Å². The maximum atomic E-state index is 12.6. The summed E-state index contributed by atoms with van der Waals surface area (Å²) in [5, 5.41) is 3.02. The Morgan fingerprint density at radius 3 is 2.52 bits per heavy atom. The number of amides is 2. The zero-order chi connectivity index (χ0) is 20.8. The molecule has 1 fully saturated rings. The lowest BCUT2D eigenvalue weighted by Gasteiger charge is -2.32. The molecule has 6 heteroatoms. The van der Waals surface area contributed by atoms with E-state index in [0.717, 1.165) is 36.8 Å². The molecule has 0 bridgehead atoms. The number of benzene rings is 1. The summed E-state index contributed by atoms with van der Waals surface area (Å²) < 4.78 is 5.42. The molecule has 1 aromatic carbocycles. The Kier molecular flexibility index (Phi) is 7.07. The fourth-order valence-electron chi connectivity index (χ4n) is 4.11. The summed E-state index contributed by atoms with van der Waals surface area (Å²) >= 11 is 0. The van der Waals surface area contributed by atoms with E-state index in [0.29, 0.717) is 0 Å². The third-order valence-corrected chi connectivity index (χ3v) is 5.71. The van der Waals surface area contributed by atoms with Crippen molar-refractivity contribution in [2.75, 3.05) is 0 Å². The lowest BCUT2D eigenvalue weighted by Crippen LogP contribution is -2.42. The first-order valence-corrected chi connectivity index (χ1v) is 10.5. The van der Waals surface area contributed by atoms with Crippen LogP contribution in [0.15, 0.2) is 30.5 Å². The molecule has 3 rings (SSSR count). The number of esters is 1. The van der Waals surface area contributed by atoms with Crippen LogP contribution in [-0.4, -0.2) is 34.8 Å². The monoisotopic (exact) mass is 398 g/mol. The van der Waals surface area contributed by atoms with Crippen molar-refractivity contribution in [1.29, 1.82) is 0 Å². The molecule has 1 aliphatic heterocycles. The second-order valence-electron chi connectivity index (χ2n) is 7.92. The summed E-state index contributed by atoms with van der Waals surface area (Å²) in [6.45, 7) is 3.07. The van der Waals surface area contributed by atoms with Gasteiger partial charge >= 0.3 is 5.97 Å². The molecule has 0 saturated heterocycles. The summed E-state index contributed by atoms with van der Waals surface area (Å²) in [5.74, 6) is -0.889. The van der Waals surface area contributed by atoms with Crippen LogP contribution in [0.5, 0.6) is 0 Å². The van der Waals surface area contributed by atoms with E-state index >= 15 is 0 Å². The van der Waals surface area contributed by atoms with E-state index in [1.807, 2.05) is 30.3 Å². The number of fused-ring (bicyclic) bond motifs is 1. The van der Waals surface area contributed by atoms with Crippen molar-refractivity contribution in [1.82, 2.24) is 10.2 Å². The third-order valence-electron chi connectivity index (χ3n) is 5.71. The standard InChI is InChI=1S/C23H30N2O4/c1-16(23(28)24-19-10-5-3-4-6-11-19)29-22(27)15-21-20-12-8-7-9-18(20)13-14-25(21)17(2)26/h7-9,12-14,16,19,21H,3-6,10-11,15H2,1-2H3,(H,24,28)/t16-,21+/m0/s1. The summed E-state index contributed by atoms with van der Waals surface area (Å²) in [6, 6.07) is 7.40. The van der Waals surface area contributed by atoms with Crippen LogP contribution in [0.3, 0.4) is 0 Å². The van der Waals surface area contributed by atoms with Gasteiger partial charge in [-0.2, -0.15) is 0 Å². The highest BCUT2D eigenvalue weighted by atomic mass is 16.5. The molecular formula is C23H30N2O4. The highest BCUT2D eigenvalue weighted by Gasteiger charge is 2.30. The molecule has 0 aromatic heterocycles. The van der Waals surface area contributed by atoms with Gasteiger partial charge in [-0.15, -0.1) is 0 Å². The van der Waals surface area contributed by atoms with Crippen molar-refractivity contribution < 1.29 is 19.1 Å². The van der Waals surface area contributed by atoms with Gasteiger partial charge in [0.1, 0.15) is 0 Å². The molecular weight excluding hydrogens is 368 g/mol. The number of rotatable bonds is 5. The second kappa shape index (κ2) is 9.72. The Morgan fingerprint density at radius 2 is 1.83 bits per heavy atom. The quantitative estimate of drug-likeness (QED) is 0.606. The van der Waals surface area contributed by atoms with E-state index in [1.165, 1.54) is 19.8 Å². The van der Waals surface area contributed by atoms with Crippen molar-refractivity contribution in [3.8, 4) is 0 Å². The van der Waals surface area contributed by atoms with Gasteiger partial charge in [-0.3, -0.25) is 14.4 Å². The molecule has 0 unspecified atom stereocenters. The predicted molar refractivity (Wildman–Crippen MR) is 111 cm³/mol. The zero-order valence-electron chi connectivity index (χ0n) is 17.2. The fourth-order valence-corrected chi connectivity index (χ4v) is 4.11. The van der Waals surface area contributed by atoms with Crippen LogP contribution >= 0.6 is 0 Å². The molecule has 1 aromatic rings. The fraction of sp³-hybridized carbons (Fsp3) is 0.522. The average Bonchev–Trinajstić information content (AvgIpc) is 2.96. The smallest absolute Gasteiger partial charge is 0.309 e. The molecule has 1 saturated carbocycles. The molecule has 2 atom stereocenters. The van der Waals surface area contributed by atoms with Crippen molar-refractivity contribution in [3.05, 3.63) is 41.6 Å². The maximum Gasteiger partial charge on any atom is 0.309 e. The molecule has 0 radical (unpaired) electrons. The van der Waals surface area contributed by atoms with E-state index in [2.05, 4.69) is 5.32 Å². The first-order chi connectivity index (χ1) is 14.0. The van der Waals surface area contributed by atoms with Gasteiger partial charge in [0, 0.05) is 19.2 Å². The molecule has 1 N–H and O–H groups in total. The first kappa shape index (κ1) is 21.1. The summed E-state index contributed by atoms with van der Waals surface area (Å²) in [7, 11) is 0. The molecule has 2 amide bonds. The summed E-state index contributed by atoms with van der Waals surface area (Å²) in [4.78, 5) is 38.6. The van der Waals surface area contributed by atoms with Crippen LogP contribution in [0, 0.1) is 0 Å². The lowest BCUT2D eigenvalue weighted by atomic mass is 9.94. The van der Waals surface area contributed by atoms with Gasteiger partial charge in [-0.05, 0) is 37.0 Å². The molecule has 1 aliphatic carbocycles. The minimum atomic E-state index is -0.856. The Morgan fingerprint density at radius 1 is 1.14 bits per heavy atom. The number of carbonyl (C=O) groups excluding carboxylic acids is 3. The topological polar surface area (TPSA) is 75.7 Å². The Labute approximate surface area is 172 Å². The first-order valence-electron chi connectivity index (χ1n) is 10.5. The van der Waals surface area contributed by atoms with Gasteiger partial charge in [0.05, 0.1) is 12.5 Å². The molecule has 2 aliphatic rings. The largest absolute Gasteiger partial charge is 0.452 e. The van der Waals surface area contributed by atoms with Gasteiger partial charge in [0.15, 0.2) is 6.10 Å². The van der Waals surface area contributed by atoms with Crippen molar-refractivity contribution >= 4 is 23.9 Å². The van der Waals surface area contributed by atoms with E-state index < -0.39 is 18.1 Å². The van der Waals surface area contributed by atoms with Crippen LogP contribution < -0.4 is 5.32 Å². The van der Waals surface area contributed by atoms with Crippen molar-refractivity contribution in [3.63, 3.8) is 0 Å². The van der Waals surface area contributed by atoms with Gasteiger partial charge in [0.2, 0.25) is 5.91 Å². The van der Waals surface area contributed by atoms with Crippen LogP contribution in [0.4, 0.5) is 0 Å². The maximum absolute atomic E-state index is 12.6. The zero-order valence-corrected chi connectivity index (χ0v) is 17.2.